The smallest absolute Gasteiger partial charge is 0.250 e. The number of nitrogens with one attached hydrogen (secondary N) is 1. The number of allylic oxidation sites excluding steroid dienone is 1. The van der Waals surface area contributed by atoms with E-state index in [0.717, 1.165) is 11.1 Å². The zero-order chi connectivity index (χ0) is 17.7. The summed E-state index contributed by atoms with van der Waals surface area (Å²) in [4.78, 5) is 23.3. The molecule has 2 amide bonds. The average Bonchev–Trinajstić information content (AvgIpc) is 2.54. The van der Waals surface area contributed by atoms with Crippen molar-refractivity contribution in [3.05, 3.63) is 64.7 Å². The third kappa shape index (κ3) is 4.14. The number of ether oxygens (including phenoxy) is 1. The van der Waals surface area contributed by atoms with Crippen molar-refractivity contribution >= 4 is 34.7 Å². The summed E-state index contributed by atoms with van der Waals surface area (Å²) in [5.74, 6) is -0.251. The first-order chi connectivity index (χ1) is 11.4. The van der Waals surface area contributed by atoms with Gasteiger partial charge >= 0.3 is 0 Å². The summed E-state index contributed by atoms with van der Waals surface area (Å²) >= 11 is 5.96. The molecule has 0 aliphatic heterocycles. The molecule has 2 aromatic rings. The van der Waals surface area contributed by atoms with Crippen molar-refractivity contribution in [2.45, 2.75) is 6.92 Å². The Morgan fingerprint density at radius 2 is 1.88 bits per heavy atom. The van der Waals surface area contributed by atoms with Crippen LogP contribution in [0.2, 0.25) is 5.02 Å². The predicted molar refractivity (Wildman–Crippen MR) is 95.2 cm³/mol. The maximum atomic E-state index is 12.2. The highest BCUT2D eigenvalue weighted by Gasteiger charge is 2.09. The highest BCUT2D eigenvalue weighted by atomic mass is 35.5. The van der Waals surface area contributed by atoms with Gasteiger partial charge in [0.1, 0.15) is 5.75 Å². The van der Waals surface area contributed by atoms with Gasteiger partial charge < -0.3 is 15.8 Å². The van der Waals surface area contributed by atoms with Crippen LogP contribution in [0.5, 0.6) is 5.75 Å². The van der Waals surface area contributed by atoms with E-state index in [9.17, 15) is 9.59 Å². The molecular formula is C18H17ClN2O3. The van der Waals surface area contributed by atoms with Crippen molar-refractivity contribution in [2.75, 3.05) is 12.4 Å². The Morgan fingerprint density at radius 1 is 1.17 bits per heavy atom. The second kappa shape index (κ2) is 7.66. The number of rotatable bonds is 5. The van der Waals surface area contributed by atoms with Gasteiger partial charge in [-0.2, -0.15) is 0 Å². The van der Waals surface area contributed by atoms with E-state index < -0.39 is 5.91 Å². The van der Waals surface area contributed by atoms with Crippen LogP contribution in [0.4, 0.5) is 5.69 Å². The van der Waals surface area contributed by atoms with Gasteiger partial charge in [-0.1, -0.05) is 29.8 Å². The van der Waals surface area contributed by atoms with Crippen molar-refractivity contribution in [1.29, 1.82) is 0 Å². The largest absolute Gasteiger partial charge is 0.496 e. The SMILES string of the molecule is COc1ccccc1/C(C)=C\C(=O)Nc1ccc(C(N)=O)c(Cl)c1. The number of benzene rings is 2. The van der Waals surface area contributed by atoms with Gasteiger partial charge in [0.15, 0.2) is 0 Å². The van der Waals surface area contributed by atoms with Crippen LogP contribution in [0.25, 0.3) is 5.57 Å². The van der Waals surface area contributed by atoms with Crippen molar-refractivity contribution in [2.24, 2.45) is 5.73 Å². The van der Waals surface area contributed by atoms with Gasteiger partial charge in [-0.25, -0.2) is 0 Å². The normalized spacial score (nSPS) is 11.0. The fraction of sp³-hybridized carbons (Fsp3) is 0.111. The van der Waals surface area contributed by atoms with Crippen molar-refractivity contribution in [1.82, 2.24) is 0 Å². The zero-order valence-corrected chi connectivity index (χ0v) is 14.1. The summed E-state index contributed by atoms with van der Waals surface area (Å²) < 4.78 is 5.28. The molecule has 0 unspecified atom stereocenters. The minimum atomic E-state index is -0.621. The Bertz CT molecular complexity index is 816. The third-order valence-corrected chi connectivity index (χ3v) is 3.69. The Balaban J connectivity index is 2.18. The number of carbonyl (C=O) groups excluding carboxylic acids is 2. The molecule has 2 aromatic carbocycles. The number of hydrogen-bond acceptors (Lipinski definition) is 3. The summed E-state index contributed by atoms with van der Waals surface area (Å²) in [5.41, 5.74) is 7.45. The van der Waals surface area contributed by atoms with E-state index in [1.807, 2.05) is 31.2 Å². The lowest BCUT2D eigenvalue weighted by Gasteiger charge is -2.09. The zero-order valence-electron chi connectivity index (χ0n) is 13.3. The Morgan fingerprint density at radius 3 is 2.50 bits per heavy atom. The van der Waals surface area contributed by atoms with Crippen molar-refractivity contribution in [3.63, 3.8) is 0 Å². The first-order valence-corrected chi connectivity index (χ1v) is 7.52. The fourth-order valence-corrected chi connectivity index (χ4v) is 2.49. The van der Waals surface area contributed by atoms with Gasteiger partial charge in [-0.3, -0.25) is 9.59 Å². The highest BCUT2D eigenvalue weighted by molar-refractivity contribution is 6.34. The number of amides is 2. The van der Waals surface area contributed by atoms with Crippen LogP contribution in [-0.4, -0.2) is 18.9 Å². The van der Waals surface area contributed by atoms with Crippen LogP contribution in [0.1, 0.15) is 22.8 Å². The number of anilines is 1. The summed E-state index contributed by atoms with van der Waals surface area (Å²) in [6.07, 6.45) is 1.47. The lowest BCUT2D eigenvalue weighted by molar-refractivity contribution is -0.111. The molecule has 124 valence electrons. The van der Waals surface area contributed by atoms with Crippen LogP contribution in [0.15, 0.2) is 48.5 Å². The Kier molecular flexibility index (Phi) is 5.60. The van der Waals surface area contributed by atoms with Crippen molar-refractivity contribution in [3.8, 4) is 5.75 Å². The van der Waals surface area contributed by atoms with E-state index in [2.05, 4.69) is 5.32 Å². The predicted octanol–water partition coefficient (Wildman–Crippen LogP) is 3.49. The molecule has 24 heavy (non-hydrogen) atoms. The molecule has 0 spiro atoms. The van der Waals surface area contributed by atoms with Gasteiger partial charge in [0, 0.05) is 17.3 Å². The Labute approximate surface area is 145 Å². The first kappa shape index (κ1) is 17.6. The second-order valence-corrected chi connectivity index (χ2v) is 5.48. The van der Waals surface area contributed by atoms with E-state index in [-0.39, 0.29) is 16.5 Å². The van der Waals surface area contributed by atoms with E-state index in [4.69, 9.17) is 22.1 Å². The number of carbonyl (C=O) groups is 2. The molecule has 0 fully saturated rings. The lowest BCUT2D eigenvalue weighted by Crippen LogP contribution is -2.13. The molecule has 0 radical (unpaired) electrons. The van der Waals surface area contributed by atoms with E-state index in [0.29, 0.717) is 11.4 Å². The quantitative estimate of drug-likeness (QED) is 0.814. The molecule has 0 saturated carbocycles. The molecule has 0 aromatic heterocycles. The number of primary amides is 1. The Hall–Kier alpha value is -2.79. The highest BCUT2D eigenvalue weighted by Crippen LogP contribution is 2.25. The average molecular weight is 345 g/mol. The number of para-hydroxylation sites is 1. The second-order valence-electron chi connectivity index (χ2n) is 5.08. The molecule has 5 nitrogen and oxygen atoms in total. The van der Waals surface area contributed by atoms with E-state index in [1.54, 1.807) is 13.2 Å². The van der Waals surface area contributed by atoms with E-state index >= 15 is 0 Å². The molecule has 0 bridgehead atoms. The molecule has 0 saturated heterocycles. The standard InChI is InChI=1S/C18H17ClN2O3/c1-11(13-5-3-4-6-16(13)24-2)9-17(22)21-12-7-8-14(18(20)23)15(19)10-12/h3-10H,1-2H3,(H2,20,23)(H,21,22)/b11-9-. The van der Waals surface area contributed by atoms with Gasteiger partial charge in [-0.05, 0) is 36.8 Å². The molecule has 0 aliphatic carbocycles. The van der Waals surface area contributed by atoms with Crippen molar-refractivity contribution < 1.29 is 14.3 Å². The lowest BCUT2D eigenvalue weighted by atomic mass is 10.1. The van der Waals surface area contributed by atoms with Gasteiger partial charge in [0.25, 0.3) is 0 Å². The molecule has 0 atom stereocenters. The molecule has 0 aliphatic rings. The van der Waals surface area contributed by atoms with Crippen LogP contribution in [-0.2, 0) is 4.79 Å². The summed E-state index contributed by atoms with van der Waals surface area (Å²) in [6.45, 7) is 1.82. The minimum absolute atomic E-state index is 0.186. The van der Waals surface area contributed by atoms with Gasteiger partial charge in [0.2, 0.25) is 11.8 Å². The van der Waals surface area contributed by atoms with Crippen LogP contribution in [0, 0.1) is 0 Å². The molecule has 6 heteroatoms. The first-order valence-electron chi connectivity index (χ1n) is 7.14. The van der Waals surface area contributed by atoms with Gasteiger partial charge in [-0.15, -0.1) is 0 Å². The minimum Gasteiger partial charge on any atom is -0.496 e. The third-order valence-electron chi connectivity index (χ3n) is 3.38. The van der Waals surface area contributed by atoms with Crippen LogP contribution < -0.4 is 15.8 Å². The topological polar surface area (TPSA) is 81.4 Å². The number of nitrogens with two attached hydrogens (primary N) is 1. The molecule has 3 N–H and O–H groups in total. The summed E-state index contributed by atoms with van der Waals surface area (Å²) in [7, 11) is 1.58. The molecular weight excluding hydrogens is 328 g/mol. The number of methoxy groups -OCH3 is 1. The maximum Gasteiger partial charge on any atom is 0.250 e. The molecule has 2 rings (SSSR count). The maximum absolute atomic E-state index is 12.2. The number of halogens is 1. The van der Waals surface area contributed by atoms with E-state index in [1.165, 1.54) is 18.2 Å². The van der Waals surface area contributed by atoms with Gasteiger partial charge in [0.05, 0.1) is 17.7 Å². The summed E-state index contributed by atoms with van der Waals surface area (Å²) in [5, 5.41) is 2.88. The van der Waals surface area contributed by atoms with Crippen LogP contribution >= 0.6 is 11.6 Å². The number of hydrogen-bond donors (Lipinski definition) is 2. The summed E-state index contributed by atoms with van der Waals surface area (Å²) in [6, 6.07) is 11.9. The van der Waals surface area contributed by atoms with Crippen LogP contribution in [0.3, 0.4) is 0 Å². The monoisotopic (exact) mass is 344 g/mol. The molecule has 0 heterocycles. The fourth-order valence-electron chi connectivity index (χ4n) is 2.22.